The van der Waals surface area contributed by atoms with Crippen molar-refractivity contribution in [3.8, 4) is 81.1 Å². The van der Waals surface area contributed by atoms with Crippen molar-refractivity contribution in [2.24, 2.45) is 0 Å². The van der Waals surface area contributed by atoms with Crippen molar-refractivity contribution in [2.45, 2.75) is 0 Å². The molecule has 0 N–H and O–H groups in total. The molecule has 0 spiro atoms. The van der Waals surface area contributed by atoms with Crippen molar-refractivity contribution in [3.63, 3.8) is 0 Å². The van der Waals surface area contributed by atoms with E-state index >= 15 is 0 Å². The molecule has 0 aliphatic rings. The lowest BCUT2D eigenvalue weighted by Crippen LogP contribution is -2.02. The molecule has 57 heavy (non-hydrogen) atoms. The SMILES string of the molecule is [C-]#[N+]c1cc(C#N)cc(-c2ccc3c(c2)c2cc(-c4cc(C#N)cc([N+]#[C-])c4)ccc2n3-c2ccccc2-c2ncnc(-c3cc(C#N)c(C#N)c(C#N)c3)n2)c1. The molecular weight excluding hydrogens is 707 g/mol. The third-order valence-electron chi connectivity index (χ3n) is 9.49. The average molecular weight is 726 g/mol. The Kier molecular flexibility index (Phi) is 8.62. The first-order valence-electron chi connectivity index (χ1n) is 17.0. The van der Waals surface area contributed by atoms with Gasteiger partial charge >= 0.3 is 0 Å². The molecule has 0 unspecified atom stereocenters. The van der Waals surface area contributed by atoms with Gasteiger partial charge in [0.2, 0.25) is 0 Å². The van der Waals surface area contributed by atoms with Crippen LogP contribution in [0.1, 0.15) is 27.8 Å². The standard InChI is InChI=1S/C46H19N11/c1-52-36-13-27(21-47)11-31(17-36)29-7-9-43-39(19-29)40-20-30(32-12-28(22-48)14-37(18-32)53-2)8-10-44(40)57(43)42-6-4-3-5-38(42)46-55-26-54-45(56-46)33-15-34(23-49)41(25-51)35(16-33)24-50/h3-20,26H. The number of para-hydroxylation sites is 1. The van der Waals surface area contributed by atoms with E-state index in [1.807, 2.05) is 78.9 Å². The van der Waals surface area contributed by atoms with E-state index in [1.54, 1.807) is 36.4 Å². The molecule has 11 heteroatoms. The normalized spacial score (nSPS) is 10.3. The highest BCUT2D eigenvalue weighted by Crippen LogP contribution is 2.40. The van der Waals surface area contributed by atoms with E-state index in [4.69, 9.17) is 18.1 Å². The van der Waals surface area contributed by atoms with Crippen LogP contribution in [-0.2, 0) is 0 Å². The van der Waals surface area contributed by atoms with Crippen molar-refractivity contribution in [2.75, 3.05) is 0 Å². The molecule has 0 bridgehead atoms. The molecule has 2 aromatic heterocycles. The van der Waals surface area contributed by atoms with E-state index in [9.17, 15) is 26.3 Å². The third-order valence-corrected chi connectivity index (χ3v) is 9.49. The lowest BCUT2D eigenvalue weighted by molar-refractivity contribution is 1.06. The summed E-state index contributed by atoms with van der Waals surface area (Å²) in [6, 6.07) is 42.7. The first-order valence-corrected chi connectivity index (χ1v) is 17.0. The Hall–Kier alpha value is -9.44. The number of fused-ring (bicyclic) bond motifs is 3. The van der Waals surface area contributed by atoms with E-state index < -0.39 is 0 Å². The van der Waals surface area contributed by atoms with Crippen LogP contribution >= 0.6 is 0 Å². The van der Waals surface area contributed by atoms with Gasteiger partial charge in [-0.2, -0.15) is 26.3 Å². The van der Waals surface area contributed by atoms with Crippen molar-refractivity contribution >= 4 is 33.2 Å². The van der Waals surface area contributed by atoms with Gasteiger partial charge in [-0.15, -0.1) is 0 Å². The molecule has 0 aliphatic carbocycles. The van der Waals surface area contributed by atoms with E-state index in [0.29, 0.717) is 50.6 Å². The molecule has 6 aromatic carbocycles. The van der Waals surface area contributed by atoms with Gasteiger partial charge < -0.3 is 4.57 Å². The number of hydrogen-bond acceptors (Lipinski definition) is 8. The van der Waals surface area contributed by atoms with Gasteiger partial charge in [-0.25, -0.2) is 24.6 Å². The fourth-order valence-corrected chi connectivity index (χ4v) is 6.95. The van der Waals surface area contributed by atoms with Crippen LogP contribution in [0.5, 0.6) is 0 Å². The quantitative estimate of drug-likeness (QED) is 0.158. The van der Waals surface area contributed by atoms with Crippen LogP contribution in [0.4, 0.5) is 11.4 Å². The fraction of sp³-hybridized carbons (Fsp3) is 0. The van der Waals surface area contributed by atoms with Gasteiger partial charge in [0.1, 0.15) is 24.5 Å². The highest BCUT2D eigenvalue weighted by molar-refractivity contribution is 6.12. The Morgan fingerprint density at radius 2 is 1.05 bits per heavy atom. The summed E-state index contributed by atoms with van der Waals surface area (Å²) in [5, 5.41) is 50.2. The van der Waals surface area contributed by atoms with Crippen LogP contribution in [-0.4, -0.2) is 19.5 Å². The third kappa shape index (κ3) is 6.06. The van der Waals surface area contributed by atoms with Crippen LogP contribution < -0.4 is 0 Å². The molecule has 2 heterocycles. The monoisotopic (exact) mass is 725 g/mol. The maximum absolute atomic E-state index is 9.73. The highest BCUT2D eigenvalue weighted by atomic mass is 15.0. The van der Waals surface area contributed by atoms with Crippen LogP contribution in [0.15, 0.2) is 116 Å². The van der Waals surface area contributed by atoms with E-state index in [0.717, 1.165) is 38.6 Å². The van der Waals surface area contributed by atoms with Gasteiger partial charge in [-0.3, -0.25) is 0 Å². The Balaban J connectivity index is 1.37. The second-order valence-electron chi connectivity index (χ2n) is 12.7. The van der Waals surface area contributed by atoms with Crippen LogP contribution in [0.2, 0.25) is 0 Å². The summed E-state index contributed by atoms with van der Waals surface area (Å²) in [7, 11) is 0. The van der Waals surface area contributed by atoms with Crippen LogP contribution in [0.3, 0.4) is 0 Å². The van der Waals surface area contributed by atoms with Crippen molar-refractivity contribution in [3.05, 3.63) is 166 Å². The molecule has 8 aromatic rings. The first-order chi connectivity index (χ1) is 27.9. The van der Waals surface area contributed by atoms with E-state index in [-0.39, 0.29) is 22.5 Å². The van der Waals surface area contributed by atoms with Crippen LogP contribution in [0, 0.1) is 69.8 Å². The molecule has 0 atom stereocenters. The van der Waals surface area contributed by atoms with Crippen molar-refractivity contribution in [1.82, 2.24) is 19.5 Å². The summed E-state index contributed by atoms with van der Waals surface area (Å²) in [6.07, 6.45) is 1.36. The van der Waals surface area contributed by atoms with Crippen molar-refractivity contribution < 1.29 is 0 Å². The molecule has 0 fully saturated rings. The zero-order valence-electron chi connectivity index (χ0n) is 29.4. The Bertz CT molecular complexity index is 3110. The minimum Gasteiger partial charge on any atom is -0.309 e. The molecule has 8 rings (SSSR count). The average Bonchev–Trinajstić information content (AvgIpc) is 3.60. The molecule has 0 saturated carbocycles. The summed E-state index contributed by atoms with van der Waals surface area (Å²) in [5.41, 5.74) is 7.91. The summed E-state index contributed by atoms with van der Waals surface area (Å²) < 4.78 is 2.09. The Labute approximate surface area is 325 Å². The highest BCUT2D eigenvalue weighted by Gasteiger charge is 2.20. The minimum atomic E-state index is -0.0183. The second-order valence-corrected chi connectivity index (χ2v) is 12.7. The molecule has 258 valence electrons. The first kappa shape index (κ1) is 34.6. The van der Waals surface area contributed by atoms with Gasteiger partial charge in [0.25, 0.3) is 0 Å². The fourth-order valence-electron chi connectivity index (χ4n) is 6.95. The van der Waals surface area contributed by atoms with Gasteiger partial charge in [-0.1, -0.05) is 24.3 Å². The molecule has 0 aliphatic heterocycles. The molecule has 0 radical (unpaired) electrons. The van der Waals surface area contributed by atoms with Gasteiger partial charge in [0.05, 0.1) is 58.7 Å². The second kappa shape index (κ2) is 14.2. The van der Waals surface area contributed by atoms with E-state index in [2.05, 4.69) is 36.4 Å². The molecule has 0 amide bonds. The number of benzene rings is 6. The number of nitrogens with zero attached hydrogens (tertiary/aromatic N) is 11. The summed E-state index contributed by atoms with van der Waals surface area (Å²) in [4.78, 5) is 20.8. The maximum Gasteiger partial charge on any atom is 0.189 e. The number of aromatic nitrogens is 4. The minimum absolute atomic E-state index is 0.0183. The predicted octanol–water partition coefficient (Wildman–Crippen LogP) is 10.1. The van der Waals surface area contributed by atoms with E-state index in [1.165, 1.54) is 18.5 Å². The molecule has 0 saturated heterocycles. The molecule has 11 nitrogen and oxygen atoms in total. The summed E-state index contributed by atoms with van der Waals surface area (Å²) in [6.45, 7) is 15.2. The van der Waals surface area contributed by atoms with Crippen LogP contribution in [0.25, 0.3) is 82.2 Å². The predicted molar refractivity (Wildman–Crippen MR) is 212 cm³/mol. The summed E-state index contributed by atoms with van der Waals surface area (Å²) in [5.74, 6) is 0.528. The lowest BCUT2D eigenvalue weighted by Gasteiger charge is -2.14. The van der Waals surface area contributed by atoms with Gasteiger partial charge in [0, 0.05) is 33.0 Å². The lowest BCUT2D eigenvalue weighted by atomic mass is 9.98. The zero-order valence-corrected chi connectivity index (χ0v) is 29.4. The Morgan fingerprint density at radius 3 is 1.56 bits per heavy atom. The smallest absolute Gasteiger partial charge is 0.189 e. The largest absolute Gasteiger partial charge is 0.309 e. The maximum atomic E-state index is 9.73. The topological polar surface area (TPSA) is 171 Å². The number of rotatable bonds is 5. The zero-order chi connectivity index (χ0) is 39.6. The van der Waals surface area contributed by atoms with Crippen molar-refractivity contribution in [1.29, 1.82) is 26.3 Å². The number of hydrogen-bond donors (Lipinski definition) is 0. The Morgan fingerprint density at radius 1 is 0.509 bits per heavy atom. The summed E-state index contributed by atoms with van der Waals surface area (Å²) >= 11 is 0. The molecular formula is C46H19N11. The number of nitriles is 5. The van der Waals surface area contributed by atoms with Gasteiger partial charge in [-0.05, 0) is 107 Å². The van der Waals surface area contributed by atoms with Gasteiger partial charge in [0.15, 0.2) is 23.0 Å².